The molecule has 2 aromatic rings. The van der Waals surface area contributed by atoms with Crippen molar-refractivity contribution < 1.29 is 14.3 Å². The maximum atomic E-state index is 12.3. The van der Waals surface area contributed by atoms with E-state index in [1.807, 2.05) is 43.3 Å². The fraction of sp³-hybridized carbons (Fsp3) is 0.150. The van der Waals surface area contributed by atoms with Crippen molar-refractivity contribution in [2.24, 2.45) is 5.73 Å². The first-order valence-corrected chi connectivity index (χ1v) is 7.98. The summed E-state index contributed by atoms with van der Waals surface area (Å²) in [7, 11) is 0. The fourth-order valence-electron chi connectivity index (χ4n) is 2.23. The highest BCUT2D eigenvalue weighted by atomic mass is 16.5. The molecule has 0 aliphatic carbocycles. The molecule has 1 atom stereocenters. The van der Waals surface area contributed by atoms with E-state index in [1.165, 1.54) is 6.08 Å². The highest BCUT2D eigenvalue weighted by molar-refractivity contribution is 6.01. The predicted octanol–water partition coefficient (Wildman–Crippen LogP) is 2.34. The number of carbonyl (C=O) groups excluding carboxylic acids is 2. The molecule has 0 aromatic heterocycles. The first-order valence-electron chi connectivity index (χ1n) is 7.98. The van der Waals surface area contributed by atoms with Crippen LogP contribution in [0.1, 0.15) is 24.1 Å². The van der Waals surface area contributed by atoms with Crippen LogP contribution in [-0.2, 0) is 9.59 Å². The van der Waals surface area contributed by atoms with Gasteiger partial charge in [-0.15, -0.1) is 0 Å². The van der Waals surface area contributed by atoms with E-state index in [-0.39, 0.29) is 18.2 Å². The van der Waals surface area contributed by atoms with Crippen LogP contribution in [0.4, 0.5) is 0 Å². The Bertz CT molecular complexity index is 837. The zero-order valence-corrected chi connectivity index (χ0v) is 14.3. The fourth-order valence-corrected chi connectivity index (χ4v) is 2.23. The van der Waals surface area contributed by atoms with Gasteiger partial charge in [-0.2, -0.15) is 5.26 Å². The van der Waals surface area contributed by atoms with Gasteiger partial charge in [0.1, 0.15) is 17.4 Å². The maximum absolute atomic E-state index is 12.3. The van der Waals surface area contributed by atoms with Gasteiger partial charge in [0.25, 0.3) is 11.8 Å². The van der Waals surface area contributed by atoms with Crippen molar-refractivity contribution in [3.8, 4) is 11.8 Å². The second-order valence-electron chi connectivity index (χ2n) is 5.60. The summed E-state index contributed by atoms with van der Waals surface area (Å²) in [6, 6.07) is 17.8. The second kappa shape index (κ2) is 9.04. The highest BCUT2D eigenvalue weighted by Gasteiger charge is 2.13. The van der Waals surface area contributed by atoms with Gasteiger partial charge < -0.3 is 15.8 Å². The number of nitrogens with two attached hydrogens (primary N) is 1. The second-order valence-corrected chi connectivity index (χ2v) is 5.60. The van der Waals surface area contributed by atoms with Gasteiger partial charge in [-0.25, -0.2) is 0 Å². The molecule has 132 valence electrons. The van der Waals surface area contributed by atoms with Crippen LogP contribution in [0.5, 0.6) is 5.75 Å². The summed E-state index contributed by atoms with van der Waals surface area (Å²) in [5.74, 6) is -0.538. The van der Waals surface area contributed by atoms with Crippen LogP contribution >= 0.6 is 0 Å². The number of benzene rings is 2. The summed E-state index contributed by atoms with van der Waals surface area (Å²) >= 11 is 0. The van der Waals surface area contributed by atoms with Crippen molar-refractivity contribution in [3.63, 3.8) is 0 Å². The lowest BCUT2D eigenvalue weighted by Crippen LogP contribution is -2.27. The van der Waals surface area contributed by atoms with Crippen molar-refractivity contribution in [1.29, 1.82) is 5.26 Å². The maximum Gasteiger partial charge on any atom is 0.262 e. The van der Waals surface area contributed by atoms with Gasteiger partial charge in [0.15, 0.2) is 6.61 Å². The van der Waals surface area contributed by atoms with Crippen molar-refractivity contribution >= 4 is 17.9 Å². The molecule has 0 aliphatic rings. The lowest BCUT2D eigenvalue weighted by Gasteiger charge is -2.13. The molecule has 6 nitrogen and oxygen atoms in total. The van der Waals surface area contributed by atoms with Crippen LogP contribution < -0.4 is 15.8 Å². The SMILES string of the molecule is C[C@H](NC(=O)/C(C#N)=C/c1ccc(OCC(N)=O)cc1)c1ccccc1. The normalized spacial score (nSPS) is 11.9. The van der Waals surface area contributed by atoms with Gasteiger partial charge in [0.05, 0.1) is 6.04 Å². The predicted molar refractivity (Wildman–Crippen MR) is 97.7 cm³/mol. The van der Waals surface area contributed by atoms with Gasteiger partial charge in [-0.05, 0) is 36.3 Å². The monoisotopic (exact) mass is 349 g/mol. The number of amides is 2. The average Bonchev–Trinajstić information content (AvgIpc) is 2.65. The lowest BCUT2D eigenvalue weighted by molar-refractivity contribution is -0.120. The van der Waals surface area contributed by atoms with Crippen molar-refractivity contribution in [2.75, 3.05) is 6.61 Å². The Morgan fingerprint density at radius 1 is 1.19 bits per heavy atom. The highest BCUT2D eigenvalue weighted by Crippen LogP contribution is 2.16. The Morgan fingerprint density at radius 2 is 1.85 bits per heavy atom. The minimum absolute atomic E-state index is 0.00131. The number of nitrogens with zero attached hydrogens (tertiary/aromatic N) is 1. The third-order valence-corrected chi connectivity index (χ3v) is 3.58. The van der Waals surface area contributed by atoms with E-state index in [9.17, 15) is 14.9 Å². The van der Waals surface area contributed by atoms with E-state index < -0.39 is 11.8 Å². The number of hydrogen-bond acceptors (Lipinski definition) is 4. The van der Waals surface area contributed by atoms with E-state index in [0.717, 1.165) is 5.56 Å². The summed E-state index contributed by atoms with van der Waals surface area (Å²) in [4.78, 5) is 23.0. The third-order valence-electron chi connectivity index (χ3n) is 3.58. The number of primary amides is 1. The summed E-state index contributed by atoms with van der Waals surface area (Å²) in [6.45, 7) is 1.64. The zero-order valence-electron chi connectivity index (χ0n) is 14.3. The number of carbonyl (C=O) groups is 2. The Morgan fingerprint density at radius 3 is 2.42 bits per heavy atom. The largest absolute Gasteiger partial charge is 0.484 e. The Kier molecular flexibility index (Phi) is 6.52. The van der Waals surface area contributed by atoms with Crippen LogP contribution in [-0.4, -0.2) is 18.4 Å². The van der Waals surface area contributed by atoms with E-state index in [0.29, 0.717) is 11.3 Å². The van der Waals surface area contributed by atoms with Gasteiger partial charge in [0, 0.05) is 0 Å². The van der Waals surface area contributed by atoms with Gasteiger partial charge >= 0.3 is 0 Å². The van der Waals surface area contributed by atoms with Gasteiger partial charge in [0.2, 0.25) is 0 Å². The van der Waals surface area contributed by atoms with Crippen LogP contribution in [0.25, 0.3) is 6.08 Å². The van der Waals surface area contributed by atoms with Crippen LogP contribution in [0.15, 0.2) is 60.2 Å². The van der Waals surface area contributed by atoms with E-state index in [4.69, 9.17) is 10.5 Å². The summed E-state index contributed by atoms with van der Waals surface area (Å²) in [6.07, 6.45) is 1.49. The topological polar surface area (TPSA) is 105 Å². The summed E-state index contributed by atoms with van der Waals surface area (Å²) in [5, 5.41) is 12.1. The zero-order chi connectivity index (χ0) is 18.9. The number of hydrogen-bond donors (Lipinski definition) is 2. The molecule has 0 saturated heterocycles. The molecular formula is C20H19N3O3. The molecular weight excluding hydrogens is 330 g/mol. The van der Waals surface area contributed by atoms with Crippen molar-refractivity contribution in [3.05, 3.63) is 71.3 Å². The first kappa shape index (κ1) is 18.7. The van der Waals surface area contributed by atoms with Crippen LogP contribution in [0.2, 0.25) is 0 Å². The van der Waals surface area contributed by atoms with Crippen molar-refractivity contribution in [1.82, 2.24) is 5.32 Å². The van der Waals surface area contributed by atoms with Gasteiger partial charge in [-0.3, -0.25) is 9.59 Å². The number of ether oxygens (including phenoxy) is 1. The minimum Gasteiger partial charge on any atom is -0.484 e. The summed E-state index contributed by atoms with van der Waals surface area (Å²) < 4.78 is 5.16. The quantitative estimate of drug-likeness (QED) is 0.591. The molecule has 0 bridgehead atoms. The molecule has 0 heterocycles. The first-order chi connectivity index (χ1) is 12.5. The molecule has 3 N–H and O–H groups in total. The van der Waals surface area contributed by atoms with Crippen molar-refractivity contribution in [2.45, 2.75) is 13.0 Å². The molecule has 26 heavy (non-hydrogen) atoms. The Labute approximate surface area is 151 Å². The number of nitrogens with one attached hydrogen (secondary N) is 1. The molecule has 0 aliphatic heterocycles. The molecule has 0 fully saturated rings. The molecule has 2 amide bonds. The average molecular weight is 349 g/mol. The molecule has 6 heteroatoms. The number of nitriles is 1. The van der Waals surface area contributed by atoms with E-state index in [1.54, 1.807) is 24.3 Å². The van der Waals surface area contributed by atoms with Crippen LogP contribution in [0, 0.1) is 11.3 Å². The standard InChI is InChI=1S/C20H19N3O3/c1-14(16-5-3-2-4-6-16)23-20(25)17(12-21)11-15-7-9-18(10-8-15)26-13-19(22)24/h2-11,14H,13H2,1H3,(H2,22,24)(H,23,25)/b17-11+/t14-/m0/s1. The lowest BCUT2D eigenvalue weighted by atomic mass is 10.1. The van der Waals surface area contributed by atoms with E-state index in [2.05, 4.69) is 5.32 Å². The van der Waals surface area contributed by atoms with Crippen LogP contribution in [0.3, 0.4) is 0 Å². The number of rotatable bonds is 7. The minimum atomic E-state index is -0.565. The molecule has 2 rings (SSSR count). The third kappa shape index (κ3) is 5.49. The Balaban J connectivity index is 2.05. The molecule has 0 spiro atoms. The molecule has 0 unspecified atom stereocenters. The van der Waals surface area contributed by atoms with Gasteiger partial charge in [-0.1, -0.05) is 42.5 Å². The Hall–Kier alpha value is -3.59. The molecule has 2 aromatic carbocycles. The molecule has 0 radical (unpaired) electrons. The smallest absolute Gasteiger partial charge is 0.262 e. The summed E-state index contributed by atoms with van der Waals surface area (Å²) in [5.41, 5.74) is 6.63. The molecule has 0 saturated carbocycles. The van der Waals surface area contributed by atoms with E-state index >= 15 is 0 Å².